The second-order valence-electron chi connectivity index (χ2n) is 5.15. The average molecular weight is 332 g/mol. The van der Waals surface area contributed by atoms with Crippen LogP contribution < -0.4 is 10.2 Å². The number of nitrogens with zero attached hydrogens (tertiary/aromatic N) is 2. The van der Waals surface area contributed by atoms with Crippen LogP contribution in [0, 0.1) is 5.82 Å². The Morgan fingerprint density at radius 3 is 2.43 bits per heavy atom. The minimum atomic E-state index is -0.347. The molecule has 0 aliphatic carbocycles. The van der Waals surface area contributed by atoms with Gasteiger partial charge in [-0.15, -0.1) is 0 Å². The Hall–Kier alpha value is -2.40. The van der Waals surface area contributed by atoms with E-state index in [2.05, 4.69) is 10.3 Å². The van der Waals surface area contributed by atoms with E-state index in [0.717, 1.165) is 6.42 Å². The molecular formula is C17H15ClFN3O. The molecule has 0 bridgehead atoms. The second kappa shape index (κ2) is 6.79. The number of benzene rings is 2. The van der Waals surface area contributed by atoms with E-state index in [0.29, 0.717) is 35.2 Å². The molecule has 0 saturated heterocycles. The van der Waals surface area contributed by atoms with Crippen LogP contribution in [0.15, 0.2) is 53.5 Å². The third kappa shape index (κ3) is 3.68. The number of anilines is 2. The van der Waals surface area contributed by atoms with Gasteiger partial charge in [-0.25, -0.2) is 9.18 Å². The first kappa shape index (κ1) is 15.5. The lowest BCUT2D eigenvalue weighted by Gasteiger charge is -2.23. The predicted molar refractivity (Wildman–Crippen MR) is 90.9 cm³/mol. The zero-order chi connectivity index (χ0) is 16.2. The Kier molecular flexibility index (Phi) is 4.57. The number of halogens is 2. The molecule has 118 valence electrons. The van der Waals surface area contributed by atoms with Gasteiger partial charge >= 0.3 is 6.03 Å². The van der Waals surface area contributed by atoms with Gasteiger partial charge in [-0.1, -0.05) is 11.6 Å². The lowest BCUT2D eigenvalue weighted by atomic mass is 10.2. The Morgan fingerprint density at radius 1 is 1.13 bits per heavy atom. The van der Waals surface area contributed by atoms with Crippen LogP contribution >= 0.6 is 11.6 Å². The molecule has 3 rings (SSSR count). The highest BCUT2D eigenvalue weighted by Gasteiger charge is 2.23. The van der Waals surface area contributed by atoms with Gasteiger partial charge in [-0.3, -0.25) is 9.89 Å². The van der Waals surface area contributed by atoms with Crippen LogP contribution in [0.4, 0.5) is 20.6 Å². The van der Waals surface area contributed by atoms with Gasteiger partial charge < -0.3 is 5.32 Å². The largest absolute Gasteiger partial charge is 0.331 e. The van der Waals surface area contributed by atoms with Gasteiger partial charge in [0.1, 0.15) is 11.7 Å². The quantitative estimate of drug-likeness (QED) is 0.851. The molecule has 1 heterocycles. The molecular weight excluding hydrogens is 317 g/mol. The number of urea groups is 1. The van der Waals surface area contributed by atoms with Crippen molar-refractivity contribution in [2.24, 2.45) is 4.99 Å². The third-order valence-corrected chi connectivity index (χ3v) is 3.75. The third-order valence-electron chi connectivity index (χ3n) is 3.49. The zero-order valence-electron chi connectivity index (χ0n) is 12.3. The van der Waals surface area contributed by atoms with Gasteiger partial charge in [-0.2, -0.15) is 0 Å². The Balaban J connectivity index is 1.86. The van der Waals surface area contributed by atoms with E-state index < -0.39 is 0 Å². The monoisotopic (exact) mass is 331 g/mol. The molecule has 1 aliphatic heterocycles. The maximum Gasteiger partial charge on any atom is 0.331 e. The van der Waals surface area contributed by atoms with E-state index in [1.807, 2.05) is 0 Å². The van der Waals surface area contributed by atoms with Crippen molar-refractivity contribution in [1.29, 1.82) is 0 Å². The van der Waals surface area contributed by atoms with Crippen molar-refractivity contribution in [2.75, 3.05) is 16.8 Å². The number of nitrogens with one attached hydrogen (secondary N) is 1. The molecule has 23 heavy (non-hydrogen) atoms. The summed E-state index contributed by atoms with van der Waals surface area (Å²) in [6.45, 7) is 0.696. The SMILES string of the molecule is O=C(Nc1ccc(Cl)cc1)N(C1=NCCC1)c1ccc(F)cc1. The first-order valence-electron chi connectivity index (χ1n) is 7.29. The number of hydrogen-bond donors (Lipinski definition) is 1. The molecule has 0 aromatic heterocycles. The summed E-state index contributed by atoms with van der Waals surface area (Å²) in [5.41, 5.74) is 1.21. The standard InChI is InChI=1S/C17H15ClFN3O/c18-12-3-7-14(8-4-12)21-17(23)22(16-2-1-11-20-16)15-9-5-13(19)6-10-15/h3-10H,1-2,11H2,(H,21,23). The summed E-state index contributed by atoms with van der Waals surface area (Å²) in [6.07, 6.45) is 1.62. The molecule has 2 aromatic carbocycles. The number of carbonyl (C=O) groups is 1. The Bertz CT molecular complexity index is 729. The molecule has 2 amide bonds. The van der Waals surface area contributed by atoms with Crippen LogP contribution in [-0.2, 0) is 0 Å². The van der Waals surface area contributed by atoms with Gasteiger partial charge in [0, 0.05) is 23.7 Å². The lowest BCUT2D eigenvalue weighted by Crippen LogP contribution is -2.39. The number of rotatable bonds is 2. The molecule has 0 fully saturated rings. The van der Waals surface area contributed by atoms with Gasteiger partial charge in [0.15, 0.2) is 0 Å². The van der Waals surface area contributed by atoms with Crippen molar-refractivity contribution in [3.63, 3.8) is 0 Å². The topological polar surface area (TPSA) is 44.7 Å². The number of amidine groups is 1. The van der Waals surface area contributed by atoms with Gasteiger partial charge in [0.25, 0.3) is 0 Å². The fraction of sp³-hybridized carbons (Fsp3) is 0.176. The fourth-order valence-corrected chi connectivity index (χ4v) is 2.52. The van der Waals surface area contributed by atoms with Gasteiger partial charge in [0.05, 0.1) is 5.69 Å². The molecule has 0 saturated carbocycles. The summed E-state index contributed by atoms with van der Waals surface area (Å²) in [5.74, 6) is 0.336. The smallest absolute Gasteiger partial charge is 0.307 e. The maximum atomic E-state index is 13.2. The number of aliphatic imine (C=N–C) groups is 1. The highest BCUT2D eigenvalue weighted by Crippen LogP contribution is 2.22. The Morgan fingerprint density at radius 2 is 1.83 bits per heavy atom. The van der Waals surface area contributed by atoms with Crippen molar-refractivity contribution in [2.45, 2.75) is 12.8 Å². The first-order chi connectivity index (χ1) is 11.1. The summed E-state index contributed by atoms with van der Waals surface area (Å²) in [7, 11) is 0. The van der Waals surface area contributed by atoms with Gasteiger partial charge in [0.2, 0.25) is 0 Å². The Labute approximate surface area is 138 Å². The van der Waals surface area contributed by atoms with Gasteiger partial charge in [-0.05, 0) is 55.0 Å². The van der Waals surface area contributed by atoms with Crippen LogP contribution in [0.25, 0.3) is 0 Å². The van der Waals surface area contributed by atoms with Crippen LogP contribution in [0.2, 0.25) is 5.02 Å². The van der Waals surface area contributed by atoms with E-state index >= 15 is 0 Å². The first-order valence-corrected chi connectivity index (χ1v) is 7.67. The van der Waals surface area contributed by atoms with Crippen molar-refractivity contribution >= 4 is 34.8 Å². The normalized spacial score (nSPS) is 13.6. The van der Waals surface area contributed by atoms with Crippen molar-refractivity contribution in [3.05, 3.63) is 59.4 Å². The average Bonchev–Trinajstić information content (AvgIpc) is 3.06. The zero-order valence-corrected chi connectivity index (χ0v) is 13.1. The second-order valence-corrected chi connectivity index (χ2v) is 5.59. The lowest BCUT2D eigenvalue weighted by molar-refractivity contribution is 0.259. The minimum absolute atomic E-state index is 0.334. The molecule has 1 aliphatic rings. The molecule has 0 radical (unpaired) electrons. The van der Waals surface area contributed by atoms with E-state index in [-0.39, 0.29) is 11.8 Å². The van der Waals surface area contributed by atoms with E-state index in [1.54, 1.807) is 36.4 Å². The predicted octanol–water partition coefficient (Wildman–Crippen LogP) is 4.71. The summed E-state index contributed by atoms with van der Waals surface area (Å²) >= 11 is 5.85. The van der Waals surface area contributed by atoms with Crippen molar-refractivity contribution < 1.29 is 9.18 Å². The van der Waals surface area contributed by atoms with Crippen LogP contribution in [0.5, 0.6) is 0 Å². The highest BCUT2D eigenvalue weighted by molar-refractivity contribution is 6.30. The summed E-state index contributed by atoms with van der Waals surface area (Å²) in [5, 5.41) is 3.41. The molecule has 6 heteroatoms. The molecule has 0 spiro atoms. The van der Waals surface area contributed by atoms with E-state index in [4.69, 9.17) is 11.6 Å². The molecule has 2 aromatic rings. The van der Waals surface area contributed by atoms with Crippen molar-refractivity contribution in [1.82, 2.24) is 0 Å². The van der Waals surface area contributed by atoms with Crippen LogP contribution in [0.1, 0.15) is 12.8 Å². The number of carbonyl (C=O) groups excluding carboxylic acids is 1. The van der Waals surface area contributed by atoms with Crippen LogP contribution in [-0.4, -0.2) is 18.4 Å². The molecule has 4 nitrogen and oxygen atoms in total. The summed E-state index contributed by atoms with van der Waals surface area (Å²) in [4.78, 5) is 18.5. The molecule has 1 N–H and O–H groups in total. The minimum Gasteiger partial charge on any atom is -0.307 e. The van der Waals surface area contributed by atoms with E-state index in [1.165, 1.54) is 17.0 Å². The van der Waals surface area contributed by atoms with E-state index in [9.17, 15) is 9.18 Å². The number of amides is 2. The maximum absolute atomic E-state index is 13.2. The fourth-order valence-electron chi connectivity index (χ4n) is 2.39. The summed E-state index contributed by atoms with van der Waals surface area (Å²) < 4.78 is 13.2. The molecule has 0 atom stereocenters. The summed E-state index contributed by atoms with van der Waals surface area (Å²) in [6, 6.07) is 12.3. The number of hydrogen-bond acceptors (Lipinski definition) is 2. The van der Waals surface area contributed by atoms with Crippen molar-refractivity contribution in [3.8, 4) is 0 Å². The van der Waals surface area contributed by atoms with Crippen LogP contribution in [0.3, 0.4) is 0 Å². The highest BCUT2D eigenvalue weighted by atomic mass is 35.5. The molecule has 0 unspecified atom stereocenters.